The maximum Gasteiger partial charge on any atom is 0.253 e. The fourth-order valence-electron chi connectivity index (χ4n) is 2.21. The largest absolute Gasteiger partial charge is 0.381 e. The third-order valence-corrected chi connectivity index (χ3v) is 3.31. The Morgan fingerprint density at radius 2 is 2.15 bits per heavy atom. The van der Waals surface area contributed by atoms with Crippen LogP contribution in [-0.2, 0) is 4.74 Å². The molecule has 1 aliphatic heterocycles. The highest BCUT2D eigenvalue weighted by atomic mass is 16.5. The van der Waals surface area contributed by atoms with E-state index in [1.54, 1.807) is 18.3 Å². The van der Waals surface area contributed by atoms with Crippen LogP contribution in [-0.4, -0.2) is 38.9 Å². The minimum absolute atomic E-state index is 0.0992. The first-order valence-electron chi connectivity index (χ1n) is 6.51. The number of anilines is 1. The van der Waals surface area contributed by atoms with Gasteiger partial charge in [0, 0.05) is 25.3 Å². The molecule has 0 unspecified atom stereocenters. The van der Waals surface area contributed by atoms with Gasteiger partial charge in [-0.25, -0.2) is 0 Å². The van der Waals surface area contributed by atoms with Gasteiger partial charge in [-0.2, -0.15) is 9.67 Å². The molecule has 1 fully saturated rings. The topological polar surface area (TPSA) is 95.9 Å². The Labute approximate surface area is 115 Å². The first-order valence-corrected chi connectivity index (χ1v) is 6.51. The van der Waals surface area contributed by atoms with Gasteiger partial charge in [-0.05, 0) is 25.0 Å². The van der Waals surface area contributed by atoms with Gasteiger partial charge in [-0.3, -0.25) is 9.78 Å². The molecule has 0 aliphatic carbocycles. The van der Waals surface area contributed by atoms with E-state index >= 15 is 0 Å². The van der Waals surface area contributed by atoms with Crippen LogP contribution in [0.2, 0.25) is 0 Å². The van der Waals surface area contributed by atoms with Crippen LogP contribution in [0.3, 0.4) is 0 Å². The second-order valence-corrected chi connectivity index (χ2v) is 4.65. The summed E-state index contributed by atoms with van der Waals surface area (Å²) in [4.78, 5) is 20.6. The quantitative estimate of drug-likeness (QED) is 0.876. The summed E-state index contributed by atoms with van der Waals surface area (Å²) < 4.78 is 6.43. The Morgan fingerprint density at radius 1 is 1.35 bits per heavy atom. The predicted octanol–water partition coefficient (Wildman–Crippen LogP) is 0.989. The number of nitrogens with zero attached hydrogens (tertiary/aromatic N) is 4. The zero-order valence-electron chi connectivity index (χ0n) is 10.9. The van der Waals surface area contributed by atoms with E-state index in [1.807, 2.05) is 6.07 Å². The molecule has 0 amide bonds. The highest BCUT2D eigenvalue weighted by Gasteiger charge is 2.26. The molecule has 1 aliphatic rings. The van der Waals surface area contributed by atoms with Gasteiger partial charge in [-0.15, -0.1) is 5.10 Å². The number of nitrogen functional groups attached to an aromatic ring is 1. The van der Waals surface area contributed by atoms with Crippen molar-refractivity contribution in [2.45, 2.75) is 12.8 Å². The van der Waals surface area contributed by atoms with Crippen LogP contribution >= 0.6 is 0 Å². The number of carbonyl (C=O) groups excluding carboxylic acids is 1. The number of carbonyl (C=O) groups is 1. The molecule has 7 nitrogen and oxygen atoms in total. The number of aromatic nitrogens is 4. The summed E-state index contributed by atoms with van der Waals surface area (Å²) in [6.45, 7) is 1.19. The highest BCUT2D eigenvalue weighted by Crippen LogP contribution is 2.20. The first-order chi connectivity index (χ1) is 9.75. The zero-order chi connectivity index (χ0) is 13.9. The van der Waals surface area contributed by atoms with Gasteiger partial charge in [0.15, 0.2) is 0 Å². The molecule has 104 valence electrons. The van der Waals surface area contributed by atoms with Crippen molar-refractivity contribution in [3.63, 3.8) is 0 Å². The summed E-state index contributed by atoms with van der Waals surface area (Å²) >= 11 is 0. The van der Waals surface area contributed by atoms with Gasteiger partial charge in [0.25, 0.3) is 5.91 Å². The number of pyridine rings is 1. The molecule has 2 aromatic rings. The van der Waals surface area contributed by atoms with Gasteiger partial charge in [-0.1, -0.05) is 6.07 Å². The molecule has 3 heterocycles. The van der Waals surface area contributed by atoms with E-state index in [2.05, 4.69) is 15.1 Å². The summed E-state index contributed by atoms with van der Waals surface area (Å²) in [5.74, 6) is 0.232. The Kier molecular flexibility index (Phi) is 3.42. The van der Waals surface area contributed by atoms with Crippen molar-refractivity contribution >= 4 is 11.9 Å². The molecule has 0 bridgehead atoms. The third-order valence-electron chi connectivity index (χ3n) is 3.31. The molecule has 0 atom stereocenters. The highest BCUT2D eigenvalue weighted by molar-refractivity contribution is 5.83. The minimum atomic E-state index is -0.125. The second kappa shape index (κ2) is 5.38. The van der Waals surface area contributed by atoms with E-state index in [-0.39, 0.29) is 17.8 Å². The van der Waals surface area contributed by atoms with Crippen molar-refractivity contribution in [1.82, 2.24) is 19.7 Å². The van der Waals surface area contributed by atoms with E-state index < -0.39 is 0 Å². The average molecular weight is 273 g/mol. The smallest absolute Gasteiger partial charge is 0.253 e. The molecule has 2 aromatic heterocycles. The lowest BCUT2D eigenvalue weighted by molar-refractivity contribution is 0.0477. The van der Waals surface area contributed by atoms with Crippen LogP contribution in [0.15, 0.2) is 24.4 Å². The van der Waals surface area contributed by atoms with Gasteiger partial charge in [0.05, 0.1) is 0 Å². The molecule has 1 saturated heterocycles. The van der Waals surface area contributed by atoms with Gasteiger partial charge in [0.1, 0.15) is 5.69 Å². The van der Waals surface area contributed by atoms with Crippen LogP contribution in [0.4, 0.5) is 5.95 Å². The molecule has 3 rings (SSSR count). The summed E-state index contributed by atoms with van der Waals surface area (Å²) in [5, 5.41) is 4.18. The average Bonchev–Trinajstić information content (AvgIpc) is 2.90. The van der Waals surface area contributed by atoms with Crippen molar-refractivity contribution in [3.05, 3.63) is 24.4 Å². The molecule has 0 aromatic carbocycles. The van der Waals surface area contributed by atoms with Crippen LogP contribution in [0, 0.1) is 5.92 Å². The lowest BCUT2D eigenvalue weighted by Gasteiger charge is -2.20. The number of ether oxygens (including phenoxy) is 1. The molecular formula is C13H15N5O2. The second-order valence-electron chi connectivity index (χ2n) is 4.65. The maximum absolute atomic E-state index is 12.4. The lowest BCUT2D eigenvalue weighted by Crippen LogP contribution is -2.29. The Bertz CT molecular complexity index is 604. The van der Waals surface area contributed by atoms with Crippen LogP contribution in [0.5, 0.6) is 0 Å². The molecule has 7 heteroatoms. The van der Waals surface area contributed by atoms with Crippen molar-refractivity contribution in [2.24, 2.45) is 5.92 Å². The fraction of sp³-hybridized carbons (Fsp3) is 0.385. The normalized spacial score (nSPS) is 16.2. The number of rotatable bonds is 2. The minimum Gasteiger partial charge on any atom is -0.381 e. The Hall–Kier alpha value is -2.28. The Balaban J connectivity index is 1.87. The molecule has 0 radical (unpaired) electrons. The van der Waals surface area contributed by atoms with Crippen LogP contribution in [0.1, 0.15) is 17.6 Å². The molecule has 0 saturated carbocycles. The number of hydrogen-bond donors (Lipinski definition) is 1. The number of nitrogens with two attached hydrogens (primary N) is 1. The molecular weight excluding hydrogens is 258 g/mol. The van der Waals surface area contributed by atoms with E-state index in [4.69, 9.17) is 10.5 Å². The van der Waals surface area contributed by atoms with Crippen molar-refractivity contribution in [3.8, 4) is 11.5 Å². The third kappa shape index (κ3) is 2.39. The summed E-state index contributed by atoms with van der Waals surface area (Å²) in [6, 6.07) is 5.41. The standard InChI is InChI=1S/C13H15N5O2/c14-13-16-11(10-3-1-2-6-15-10)17-18(13)12(19)9-4-7-20-8-5-9/h1-3,6,9H,4-5,7-8H2,(H2,14,16,17). The van der Waals surface area contributed by atoms with E-state index in [0.29, 0.717) is 37.6 Å². The molecule has 2 N–H and O–H groups in total. The van der Waals surface area contributed by atoms with Crippen LogP contribution in [0.25, 0.3) is 11.5 Å². The van der Waals surface area contributed by atoms with Crippen molar-refractivity contribution in [2.75, 3.05) is 18.9 Å². The molecule has 0 spiro atoms. The summed E-state index contributed by atoms with van der Waals surface area (Å²) in [7, 11) is 0. The van der Waals surface area contributed by atoms with Crippen LogP contribution < -0.4 is 5.73 Å². The number of hydrogen-bond acceptors (Lipinski definition) is 6. The van der Waals surface area contributed by atoms with Gasteiger partial charge < -0.3 is 10.5 Å². The van der Waals surface area contributed by atoms with Crippen molar-refractivity contribution < 1.29 is 9.53 Å². The van der Waals surface area contributed by atoms with Gasteiger partial charge in [0.2, 0.25) is 11.8 Å². The Morgan fingerprint density at radius 3 is 2.85 bits per heavy atom. The van der Waals surface area contributed by atoms with E-state index in [9.17, 15) is 4.79 Å². The zero-order valence-corrected chi connectivity index (χ0v) is 10.9. The summed E-state index contributed by atoms with van der Waals surface area (Å²) in [5.41, 5.74) is 6.39. The first kappa shape index (κ1) is 12.7. The maximum atomic E-state index is 12.4. The predicted molar refractivity (Wildman–Crippen MR) is 71.8 cm³/mol. The van der Waals surface area contributed by atoms with Crippen molar-refractivity contribution in [1.29, 1.82) is 0 Å². The SMILES string of the molecule is Nc1nc(-c2ccccn2)nn1C(=O)C1CCOCC1. The van der Waals surface area contributed by atoms with Gasteiger partial charge >= 0.3 is 0 Å². The lowest BCUT2D eigenvalue weighted by atomic mass is 10.00. The molecule has 20 heavy (non-hydrogen) atoms. The monoisotopic (exact) mass is 273 g/mol. The summed E-state index contributed by atoms with van der Waals surface area (Å²) in [6.07, 6.45) is 3.03. The van der Waals surface area contributed by atoms with E-state index in [1.165, 1.54) is 4.68 Å². The fourth-order valence-corrected chi connectivity index (χ4v) is 2.21. The van der Waals surface area contributed by atoms with E-state index in [0.717, 1.165) is 0 Å².